The molecule has 7 nitrogen and oxygen atoms in total. The van der Waals surface area contributed by atoms with Crippen LogP contribution in [0.4, 0.5) is 0 Å². The Bertz CT molecular complexity index is 1390. The first kappa shape index (κ1) is 26.4. The van der Waals surface area contributed by atoms with Crippen molar-refractivity contribution in [3.05, 3.63) is 93.3 Å². The third-order valence-corrected chi connectivity index (χ3v) is 9.12. The number of Topliss-reactive ketones (excluding diaryl/α,β-unsaturated/α-hetero) is 1. The predicted molar refractivity (Wildman–Crippen MR) is 152 cm³/mol. The van der Waals surface area contributed by atoms with Crippen LogP contribution in [0.5, 0.6) is 0 Å². The second kappa shape index (κ2) is 10.4. The quantitative estimate of drug-likeness (QED) is 0.219. The first-order valence-corrected chi connectivity index (χ1v) is 14.7. The lowest BCUT2D eigenvalue weighted by molar-refractivity contribution is -0.246. The molecule has 2 aliphatic heterocycles. The summed E-state index contributed by atoms with van der Waals surface area (Å²) in [4.78, 5) is 13.8. The number of hydrogen-bond donors (Lipinski definition) is 0. The van der Waals surface area contributed by atoms with Gasteiger partial charge in [0, 0.05) is 20.1 Å². The molecule has 2 aromatic carbocycles. The van der Waals surface area contributed by atoms with Crippen molar-refractivity contribution in [1.29, 1.82) is 0 Å². The topological polar surface area (TPSA) is 80.3 Å². The van der Waals surface area contributed by atoms with Gasteiger partial charge in [0.25, 0.3) is 0 Å². The molecule has 0 N–H and O–H groups in total. The maximum atomic E-state index is 13.8. The van der Waals surface area contributed by atoms with E-state index in [1.54, 1.807) is 0 Å². The lowest BCUT2D eigenvalue weighted by atomic mass is 9.79. The molecule has 0 unspecified atom stereocenters. The van der Waals surface area contributed by atoms with Gasteiger partial charge in [-0.1, -0.05) is 56.1 Å². The fourth-order valence-electron chi connectivity index (χ4n) is 5.77. The molecule has 0 radical (unpaired) electrons. The van der Waals surface area contributed by atoms with E-state index in [1.165, 1.54) is 0 Å². The fourth-order valence-corrected chi connectivity index (χ4v) is 6.29. The van der Waals surface area contributed by atoms with Crippen molar-refractivity contribution in [2.45, 2.75) is 25.4 Å². The molecule has 4 aromatic rings. The molecular formula is C31H26Br2O7. The molecule has 0 bridgehead atoms. The largest absolute Gasteiger partial charge is 0.456 e. The van der Waals surface area contributed by atoms with E-state index in [4.69, 9.17) is 27.8 Å². The van der Waals surface area contributed by atoms with E-state index in [1.807, 2.05) is 72.8 Å². The van der Waals surface area contributed by atoms with Gasteiger partial charge in [-0.15, -0.1) is 0 Å². The highest BCUT2D eigenvalue weighted by atomic mass is 79.9. The molecule has 4 heterocycles. The maximum absolute atomic E-state index is 13.8. The Morgan fingerprint density at radius 1 is 0.550 bits per heavy atom. The number of hydrogen-bond acceptors (Lipinski definition) is 7. The summed E-state index contributed by atoms with van der Waals surface area (Å²) in [5, 5.41) is 0. The molecule has 40 heavy (non-hydrogen) atoms. The Morgan fingerprint density at radius 2 is 0.925 bits per heavy atom. The molecule has 7 rings (SSSR count). The highest BCUT2D eigenvalue weighted by Crippen LogP contribution is 2.52. The summed E-state index contributed by atoms with van der Waals surface area (Å²) >= 11 is 6.90. The van der Waals surface area contributed by atoms with E-state index >= 15 is 0 Å². The normalized spacial score (nSPS) is 28.5. The van der Waals surface area contributed by atoms with Crippen LogP contribution < -0.4 is 0 Å². The van der Waals surface area contributed by atoms with Gasteiger partial charge in [-0.3, -0.25) is 4.79 Å². The molecule has 2 saturated heterocycles. The van der Waals surface area contributed by atoms with Gasteiger partial charge < -0.3 is 27.8 Å². The van der Waals surface area contributed by atoms with E-state index < -0.39 is 23.4 Å². The van der Waals surface area contributed by atoms with Crippen LogP contribution in [0.15, 0.2) is 90.6 Å². The number of ketones is 1. The minimum atomic E-state index is -0.712. The summed E-state index contributed by atoms with van der Waals surface area (Å²) < 4.78 is 38.3. The average molecular weight is 670 g/mol. The smallest absolute Gasteiger partial charge is 0.217 e. The van der Waals surface area contributed by atoms with Crippen LogP contribution in [0.25, 0.3) is 22.6 Å². The second-order valence-corrected chi connectivity index (χ2v) is 12.5. The first-order valence-electron chi connectivity index (χ1n) is 13.2. The lowest BCUT2D eigenvalue weighted by Gasteiger charge is -2.39. The summed E-state index contributed by atoms with van der Waals surface area (Å²) in [5.41, 5.74) is 0.501. The van der Waals surface area contributed by atoms with Crippen LogP contribution >= 0.6 is 31.9 Å². The van der Waals surface area contributed by atoms with Gasteiger partial charge in [-0.25, -0.2) is 0 Å². The van der Waals surface area contributed by atoms with E-state index in [0.717, 1.165) is 31.6 Å². The molecule has 1 aliphatic carbocycles. The average Bonchev–Trinajstić information content (AvgIpc) is 3.73. The zero-order valence-electron chi connectivity index (χ0n) is 21.4. The number of carbonyl (C=O) groups is 1. The highest BCUT2D eigenvalue weighted by molar-refractivity contribution is 9.10. The van der Waals surface area contributed by atoms with Gasteiger partial charge >= 0.3 is 0 Å². The monoisotopic (exact) mass is 668 g/mol. The Kier molecular flexibility index (Phi) is 6.85. The number of halogens is 2. The van der Waals surface area contributed by atoms with Crippen molar-refractivity contribution in [3.63, 3.8) is 0 Å². The maximum Gasteiger partial charge on any atom is 0.217 e. The summed E-state index contributed by atoms with van der Waals surface area (Å²) in [6.07, 6.45) is 0.0157. The Morgan fingerprint density at radius 3 is 1.30 bits per heavy atom. The van der Waals surface area contributed by atoms with Gasteiger partial charge in [0.1, 0.15) is 11.5 Å². The predicted octanol–water partition coefficient (Wildman–Crippen LogP) is 7.86. The molecule has 0 amide bonds. The van der Waals surface area contributed by atoms with Crippen molar-refractivity contribution < 1.29 is 32.6 Å². The van der Waals surface area contributed by atoms with Crippen LogP contribution in [-0.4, -0.2) is 32.2 Å². The number of rotatable bonds is 4. The Balaban J connectivity index is 0.977. The fraction of sp³-hybridized carbons (Fsp3) is 0.323. The van der Waals surface area contributed by atoms with Gasteiger partial charge in [0.05, 0.1) is 37.3 Å². The van der Waals surface area contributed by atoms with Crippen LogP contribution in [0.2, 0.25) is 0 Å². The summed E-state index contributed by atoms with van der Waals surface area (Å²) in [7, 11) is 0. The van der Waals surface area contributed by atoms with E-state index in [9.17, 15) is 4.79 Å². The highest BCUT2D eigenvalue weighted by Gasteiger charge is 2.60. The molecule has 2 aromatic heterocycles. The molecule has 0 atom stereocenters. The third kappa shape index (κ3) is 4.72. The van der Waals surface area contributed by atoms with Crippen LogP contribution in [-0.2, 0) is 23.7 Å². The summed E-state index contributed by atoms with van der Waals surface area (Å²) in [6, 6.07) is 23.3. The van der Waals surface area contributed by atoms with Crippen molar-refractivity contribution >= 4 is 37.6 Å². The van der Waals surface area contributed by atoms with Gasteiger partial charge in [0.15, 0.2) is 17.3 Å². The standard InChI is InChI=1S/C31H26Br2O7/c32-21-5-1-19(2-6-21)23-9-11-25(39-23)27-35-15-30(16-36-27)13-14-31(29(30)34)17-37-28(38-18-31)26-12-10-24(40-26)20-3-7-22(33)8-4-20/h1-12,27-28H,13-18H2. The number of carbonyl (C=O) groups excluding carboxylic acids is 1. The molecule has 3 aliphatic rings. The number of furan rings is 2. The molecule has 3 fully saturated rings. The van der Waals surface area contributed by atoms with Crippen molar-refractivity contribution in [1.82, 2.24) is 0 Å². The van der Waals surface area contributed by atoms with Crippen LogP contribution in [0.1, 0.15) is 36.9 Å². The van der Waals surface area contributed by atoms with Crippen LogP contribution in [0.3, 0.4) is 0 Å². The molecular weight excluding hydrogens is 644 g/mol. The molecule has 1 saturated carbocycles. The minimum absolute atomic E-state index is 0.0851. The SMILES string of the molecule is O=C1C2(CCC13COC(c1ccc(-c4ccc(Br)cc4)o1)OC3)COC(c1ccc(-c3ccc(Br)cc3)o1)OC2. The second-order valence-electron chi connectivity index (χ2n) is 10.7. The molecule has 206 valence electrons. The van der Waals surface area contributed by atoms with Crippen molar-refractivity contribution in [3.8, 4) is 22.6 Å². The van der Waals surface area contributed by atoms with E-state index in [0.29, 0.717) is 24.4 Å². The zero-order chi connectivity index (χ0) is 27.3. The Hall–Kier alpha value is -2.53. The van der Waals surface area contributed by atoms with Crippen LogP contribution in [0, 0.1) is 10.8 Å². The van der Waals surface area contributed by atoms with Gasteiger partial charge in [0.2, 0.25) is 12.6 Å². The first-order chi connectivity index (χ1) is 19.4. The van der Waals surface area contributed by atoms with Crippen molar-refractivity contribution in [2.24, 2.45) is 10.8 Å². The number of ether oxygens (including phenoxy) is 4. The molecule has 2 spiro atoms. The van der Waals surface area contributed by atoms with Gasteiger partial charge in [-0.05, 0) is 61.4 Å². The van der Waals surface area contributed by atoms with Gasteiger partial charge in [-0.2, -0.15) is 0 Å². The third-order valence-electron chi connectivity index (χ3n) is 8.07. The summed E-state index contributed by atoms with van der Waals surface area (Å²) in [6.45, 7) is 1.07. The summed E-state index contributed by atoms with van der Waals surface area (Å²) in [5.74, 6) is 2.72. The Labute approximate surface area is 248 Å². The zero-order valence-corrected chi connectivity index (χ0v) is 24.6. The molecule has 9 heteroatoms. The van der Waals surface area contributed by atoms with E-state index in [-0.39, 0.29) is 32.2 Å². The number of benzene rings is 2. The lowest BCUT2D eigenvalue weighted by Crippen LogP contribution is -2.50. The van der Waals surface area contributed by atoms with Crippen molar-refractivity contribution in [2.75, 3.05) is 26.4 Å². The van der Waals surface area contributed by atoms with E-state index in [2.05, 4.69) is 31.9 Å². The minimum Gasteiger partial charge on any atom is -0.456 e.